The van der Waals surface area contributed by atoms with Crippen molar-refractivity contribution in [1.82, 2.24) is 4.90 Å². The predicted octanol–water partition coefficient (Wildman–Crippen LogP) is 5.40. The van der Waals surface area contributed by atoms with Crippen molar-refractivity contribution >= 4 is 6.09 Å². The number of amides is 1. The van der Waals surface area contributed by atoms with Crippen molar-refractivity contribution in [2.75, 3.05) is 13.1 Å². The first-order valence-corrected chi connectivity index (χ1v) is 8.56. The third-order valence-electron chi connectivity index (χ3n) is 4.31. The molecular formula is C17H35MoNO2. The van der Waals surface area contributed by atoms with Gasteiger partial charge in [0.1, 0.15) is 0 Å². The van der Waals surface area contributed by atoms with Crippen molar-refractivity contribution in [2.45, 2.75) is 79.1 Å². The van der Waals surface area contributed by atoms with Crippen LogP contribution in [-0.2, 0) is 21.1 Å². The van der Waals surface area contributed by atoms with Gasteiger partial charge >= 0.3 is 6.09 Å². The van der Waals surface area contributed by atoms with Crippen LogP contribution in [0.15, 0.2) is 0 Å². The maximum atomic E-state index is 11.5. The van der Waals surface area contributed by atoms with Crippen molar-refractivity contribution in [3.63, 3.8) is 0 Å². The number of hydrogen-bond donors (Lipinski definition) is 1. The molecule has 0 fully saturated rings. The zero-order chi connectivity index (χ0) is 15.4. The molecule has 0 bridgehead atoms. The average molecular weight is 381 g/mol. The van der Waals surface area contributed by atoms with E-state index < -0.39 is 6.09 Å². The van der Waals surface area contributed by atoms with Crippen molar-refractivity contribution in [1.29, 1.82) is 0 Å². The Morgan fingerprint density at radius 3 is 1.52 bits per heavy atom. The molecule has 2 unspecified atom stereocenters. The minimum atomic E-state index is -0.741. The molecule has 0 saturated heterocycles. The predicted molar refractivity (Wildman–Crippen MR) is 86.2 cm³/mol. The molecule has 0 heterocycles. The number of carboxylic acid groups (broad SMARTS) is 1. The largest absolute Gasteiger partial charge is 0.465 e. The number of hydrogen-bond acceptors (Lipinski definition) is 1. The van der Waals surface area contributed by atoms with Crippen LogP contribution in [0.3, 0.4) is 0 Å². The molecule has 0 rings (SSSR count). The summed E-state index contributed by atoms with van der Waals surface area (Å²) in [6.07, 6.45) is 8.53. The molecule has 1 N–H and O–H groups in total. The topological polar surface area (TPSA) is 40.5 Å². The van der Waals surface area contributed by atoms with E-state index in [1.807, 2.05) is 0 Å². The second-order valence-electron chi connectivity index (χ2n) is 6.02. The Kier molecular flexibility index (Phi) is 16.5. The van der Waals surface area contributed by atoms with Crippen LogP contribution in [0.1, 0.15) is 79.1 Å². The van der Waals surface area contributed by atoms with Crippen LogP contribution in [0.4, 0.5) is 4.79 Å². The molecule has 0 aromatic heterocycles. The van der Waals surface area contributed by atoms with Crippen molar-refractivity contribution in [2.24, 2.45) is 11.8 Å². The Balaban J connectivity index is 0. The zero-order valence-corrected chi connectivity index (χ0v) is 16.4. The molecule has 0 aliphatic heterocycles. The quantitative estimate of drug-likeness (QED) is 0.460. The first-order valence-electron chi connectivity index (χ1n) is 8.56. The summed E-state index contributed by atoms with van der Waals surface area (Å²) in [7, 11) is 0. The Bertz CT molecular complexity index is 231. The van der Waals surface area contributed by atoms with Gasteiger partial charge in [0.05, 0.1) is 0 Å². The number of nitrogens with zero attached hydrogens (tertiary/aromatic N) is 1. The summed E-state index contributed by atoms with van der Waals surface area (Å²) in [4.78, 5) is 13.2. The Hall–Kier alpha value is -0.0417. The molecule has 0 radical (unpaired) electrons. The van der Waals surface area contributed by atoms with Crippen molar-refractivity contribution in [3.8, 4) is 0 Å². The second kappa shape index (κ2) is 14.9. The van der Waals surface area contributed by atoms with E-state index in [9.17, 15) is 9.90 Å². The molecule has 2 atom stereocenters. The van der Waals surface area contributed by atoms with E-state index in [1.165, 1.54) is 25.7 Å². The molecule has 1 amide bonds. The van der Waals surface area contributed by atoms with Gasteiger partial charge in [-0.05, 0) is 24.7 Å². The van der Waals surface area contributed by atoms with Gasteiger partial charge in [0.15, 0.2) is 0 Å². The van der Waals surface area contributed by atoms with Gasteiger partial charge in [0.2, 0.25) is 0 Å². The number of unbranched alkanes of at least 4 members (excludes halogenated alkanes) is 2. The molecule has 126 valence electrons. The minimum absolute atomic E-state index is 0. The fourth-order valence-corrected chi connectivity index (χ4v) is 2.69. The number of rotatable bonds is 12. The van der Waals surface area contributed by atoms with Crippen molar-refractivity contribution < 1.29 is 31.0 Å². The minimum Gasteiger partial charge on any atom is -0.465 e. The summed E-state index contributed by atoms with van der Waals surface area (Å²) in [6.45, 7) is 10.2. The normalized spacial score (nSPS) is 13.3. The first-order chi connectivity index (χ1) is 9.58. The zero-order valence-electron chi connectivity index (χ0n) is 14.4. The van der Waals surface area contributed by atoms with Gasteiger partial charge in [0, 0.05) is 34.2 Å². The molecular weight excluding hydrogens is 346 g/mol. The summed E-state index contributed by atoms with van der Waals surface area (Å²) in [5, 5.41) is 9.44. The van der Waals surface area contributed by atoms with Crippen molar-refractivity contribution in [3.05, 3.63) is 0 Å². The molecule has 4 heteroatoms. The van der Waals surface area contributed by atoms with Crippen LogP contribution in [0.5, 0.6) is 0 Å². The maximum Gasteiger partial charge on any atom is 0.407 e. The van der Waals surface area contributed by atoms with Crippen LogP contribution < -0.4 is 0 Å². The van der Waals surface area contributed by atoms with Gasteiger partial charge in [-0.1, -0.05) is 66.2 Å². The van der Waals surface area contributed by atoms with Crippen LogP contribution in [0.25, 0.3) is 0 Å². The Morgan fingerprint density at radius 1 is 0.905 bits per heavy atom. The maximum absolute atomic E-state index is 11.5. The van der Waals surface area contributed by atoms with Gasteiger partial charge < -0.3 is 10.0 Å². The third-order valence-corrected chi connectivity index (χ3v) is 4.31. The van der Waals surface area contributed by atoms with E-state index in [0.717, 1.165) is 25.7 Å². The summed E-state index contributed by atoms with van der Waals surface area (Å²) in [5.74, 6) is 1.05. The fourth-order valence-electron chi connectivity index (χ4n) is 2.69. The van der Waals surface area contributed by atoms with E-state index in [4.69, 9.17) is 0 Å². The molecule has 0 aliphatic rings. The Morgan fingerprint density at radius 2 is 1.29 bits per heavy atom. The van der Waals surface area contributed by atoms with Gasteiger partial charge in [-0.3, -0.25) is 0 Å². The SMILES string of the molecule is CCCCC(CC)CN(CC(CC)CCCC)C(=O)O.[Mo]. The summed E-state index contributed by atoms with van der Waals surface area (Å²) < 4.78 is 0. The molecule has 3 nitrogen and oxygen atoms in total. The van der Waals surface area contributed by atoms with Crippen LogP contribution >= 0.6 is 0 Å². The average Bonchev–Trinajstić information content (AvgIpc) is 2.45. The molecule has 21 heavy (non-hydrogen) atoms. The third kappa shape index (κ3) is 11.2. The van der Waals surface area contributed by atoms with E-state index in [1.54, 1.807) is 4.90 Å². The Labute approximate surface area is 146 Å². The first kappa shape index (κ1) is 23.2. The van der Waals surface area contributed by atoms with E-state index in [0.29, 0.717) is 24.9 Å². The summed E-state index contributed by atoms with van der Waals surface area (Å²) in [6, 6.07) is 0. The van der Waals surface area contributed by atoms with E-state index >= 15 is 0 Å². The van der Waals surface area contributed by atoms with E-state index in [-0.39, 0.29) is 21.1 Å². The van der Waals surface area contributed by atoms with Crippen LogP contribution in [0, 0.1) is 11.8 Å². The standard InChI is InChI=1S/C17H35NO2.Mo/c1-5-9-11-15(7-3)13-18(17(19)20)14-16(8-4)12-10-6-2;/h15-16H,5-14H2,1-4H3,(H,19,20);. The second-order valence-corrected chi connectivity index (χ2v) is 6.02. The molecule has 0 saturated carbocycles. The van der Waals surface area contributed by atoms with Gasteiger partial charge in [-0.15, -0.1) is 0 Å². The smallest absolute Gasteiger partial charge is 0.407 e. The van der Waals surface area contributed by atoms with E-state index in [2.05, 4.69) is 27.7 Å². The summed E-state index contributed by atoms with van der Waals surface area (Å²) in [5.41, 5.74) is 0. The molecule has 0 spiro atoms. The summed E-state index contributed by atoms with van der Waals surface area (Å²) >= 11 is 0. The van der Waals surface area contributed by atoms with Gasteiger partial charge in [-0.25, -0.2) is 4.79 Å². The molecule has 0 aromatic rings. The monoisotopic (exact) mass is 383 g/mol. The number of carbonyl (C=O) groups is 1. The molecule has 0 aromatic carbocycles. The van der Waals surface area contributed by atoms with Crippen LogP contribution in [0.2, 0.25) is 0 Å². The molecule has 0 aliphatic carbocycles. The van der Waals surface area contributed by atoms with Crippen LogP contribution in [-0.4, -0.2) is 29.2 Å². The van der Waals surface area contributed by atoms with Gasteiger partial charge in [-0.2, -0.15) is 0 Å². The fraction of sp³-hybridized carbons (Fsp3) is 0.941. The van der Waals surface area contributed by atoms with Gasteiger partial charge in [0.25, 0.3) is 0 Å².